The van der Waals surface area contributed by atoms with E-state index in [1.165, 1.54) is 0 Å². The van der Waals surface area contributed by atoms with Gasteiger partial charge in [-0.2, -0.15) is 17.0 Å². The Morgan fingerprint density at radius 1 is 0.917 bits per heavy atom. The lowest BCUT2D eigenvalue weighted by Crippen LogP contribution is -2.52. The molecule has 8 heteroatoms. The SMILES string of the molecule is O=S(=O)(N1CCCC1)N1CCN(c2ccc3ncncc3c2)CC1. The van der Waals surface area contributed by atoms with Crippen LogP contribution in [0.25, 0.3) is 10.9 Å². The van der Waals surface area contributed by atoms with E-state index in [0.29, 0.717) is 39.3 Å². The van der Waals surface area contributed by atoms with Crippen molar-refractivity contribution in [3.63, 3.8) is 0 Å². The van der Waals surface area contributed by atoms with Crippen LogP contribution in [0.2, 0.25) is 0 Å². The zero-order valence-electron chi connectivity index (χ0n) is 13.5. The number of aromatic nitrogens is 2. The molecule has 3 heterocycles. The number of hydrogen-bond acceptors (Lipinski definition) is 5. The molecule has 0 amide bonds. The fraction of sp³-hybridized carbons (Fsp3) is 0.500. The van der Waals surface area contributed by atoms with Crippen LogP contribution in [0.5, 0.6) is 0 Å². The summed E-state index contributed by atoms with van der Waals surface area (Å²) in [4.78, 5) is 10.5. The van der Waals surface area contributed by atoms with Gasteiger partial charge in [0.2, 0.25) is 0 Å². The fourth-order valence-corrected chi connectivity index (χ4v) is 5.10. The van der Waals surface area contributed by atoms with E-state index in [-0.39, 0.29) is 0 Å². The summed E-state index contributed by atoms with van der Waals surface area (Å²) in [6.07, 6.45) is 5.29. The van der Waals surface area contributed by atoms with Crippen molar-refractivity contribution in [1.82, 2.24) is 18.6 Å². The number of rotatable bonds is 3. The molecule has 2 aromatic rings. The molecular formula is C16H21N5O2S. The lowest BCUT2D eigenvalue weighted by Gasteiger charge is -2.37. The van der Waals surface area contributed by atoms with Gasteiger partial charge < -0.3 is 4.90 Å². The minimum absolute atomic E-state index is 0.530. The second-order valence-corrected chi connectivity index (χ2v) is 8.19. The molecule has 2 aliphatic heterocycles. The summed E-state index contributed by atoms with van der Waals surface area (Å²) < 4.78 is 28.5. The summed E-state index contributed by atoms with van der Waals surface area (Å²) in [6, 6.07) is 6.10. The number of hydrogen-bond donors (Lipinski definition) is 0. The maximum atomic E-state index is 12.6. The average Bonchev–Trinajstić information content (AvgIpc) is 3.17. The Morgan fingerprint density at radius 2 is 1.62 bits per heavy atom. The summed E-state index contributed by atoms with van der Waals surface area (Å²) in [5.41, 5.74) is 2.01. The van der Waals surface area contributed by atoms with E-state index in [1.807, 2.05) is 12.1 Å². The van der Waals surface area contributed by atoms with Crippen molar-refractivity contribution < 1.29 is 8.42 Å². The highest BCUT2D eigenvalue weighted by molar-refractivity contribution is 7.86. The van der Waals surface area contributed by atoms with E-state index in [1.54, 1.807) is 21.1 Å². The van der Waals surface area contributed by atoms with Gasteiger partial charge in [-0.1, -0.05) is 0 Å². The Kier molecular flexibility index (Phi) is 4.11. The first-order chi connectivity index (χ1) is 11.6. The van der Waals surface area contributed by atoms with Crippen LogP contribution in [0, 0.1) is 0 Å². The van der Waals surface area contributed by atoms with Crippen LogP contribution in [-0.2, 0) is 10.2 Å². The quantitative estimate of drug-likeness (QED) is 0.831. The molecule has 2 fully saturated rings. The maximum Gasteiger partial charge on any atom is 0.282 e. The van der Waals surface area contributed by atoms with E-state index < -0.39 is 10.2 Å². The number of nitrogens with zero attached hydrogens (tertiary/aromatic N) is 5. The predicted molar refractivity (Wildman–Crippen MR) is 93.1 cm³/mol. The third kappa shape index (κ3) is 2.85. The lowest BCUT2D eigenvalue weighted by molar-refractivity contribution is 0.343. The lowest BCUT2D eigenvalue weighted by atomic mass is 10.2. The first-order valence-electron chi connectivity index (χ1n) is 8.34. The Labute approximate surface area is 142 Å². The normalized spacial score (nSPS) is 20.8. The summed E-state index contributed by atoms with van der Waals surface area (Å²) in [5.74, 6) is 0. The van der Waals surface area contributed by atoms with Crippen molar-refractivity contribution in [3.05, 3.63) is 30.7 Å². The molecule has 7 nitrogen and oxygen atoms in total. The number of anilines is 1. The van der Waals surface area contributed by atoms with Crippen LogP contribution in [0.3, 0.4) is 0 Å². The zero-order valence-corrected chi connectivity index (χ0v) is 14.3. The van der Waals surface area contributed by atoms with Crippen LogP contribution in [0.4, 0.5) is 5.69 Å². The number of benzene rings is 1. The molecule has 2 aliphatic rings. The molecule has 0 N–H and O–H groups in total. The Bertz CT molecular complexity index is 827. The van der Waals surface area contributed by atoms with Gasteiger partial charge in [-0.15, -0.1) is 0 Å². The molecule has 0 atom stereocenters. The predicted octanol–water partition coefficient (Wildman–Crippen LogP) is 1.09. The van der Waals surface area contributed by atoms with Crippen molar-refractivity contribution in [2.24, 2.45) is 0 Å². The summed E-state index contributed by atoms with van der Waals surface area (Å²) in [5, 5.41) is 1.00. The van der Waals surface area contributed by atoms with Crippen molar-refractivity contribution in [1.29, 1.82) is 0 Å². The molecule has 1 aromatic carbocycles. The minimum Gasteiger partial charge on any atom is -0.369 e. The van der Waals surface area contributed by atoms with Crippen molar-refractivity contribution in [2.45, 2.75) is 12.8 Å². The number of fused-ring (bicyclic) bond motifs is 1. The van der Waals surface area contributed by atoms with Gasteiger partial charge in [0.15, 0.2) is 0 Å². The van der Waals surface area contributed by atoms with E-state index >= 15 is 0 Å². The van der Waals surface area contributed by atoms with Gasteiger partial charge in [0.05, 0.1) is 5.52 Å². The Balaban J connectivity index is 1.47. The Hall–Kier alpha value is -1.77. The summed E-state index contributed by atoms with van der Waals surface area (Å²) in [7, 11) is -3.28. The smallest absolute Gasteiger partial charge is 0.282 e. The number of piperazine rings is 1. The minimum atomic E-state index is -3.28. The van der Waals surface area contributed by atoms with Crippen LogP contribution < -0.4 is 4.90 Å². The molecular weight excluding hydrogens is 326 g/mol. The molecule has 2 saturated heterocycles. The van der Waals surface area contributed by atoms with E-state index in [0.717, 1.165) is 29.4 Å². The molecule has 0 saturated carbocycles. The molecule has 0 radical (unpaired) electrons. The molecule has 0 bridgehead atoms. The third-order valence-corrected chi connectivity index (χ3v) is 6.85. The third-order valence-electron chi connectivity index (χ3n) is 4.81. The molecule has 1 aromatic heterocycles. The summed E-state index contributed by atoms with van der Waals surface area (Å²) >= 11 is 0. The second kappa shape index (κ2) is 6.27. The van der Waals surface area contributed by atoms with Crippen LogP contribution in [0.1, 0.15) is 12.8 Å². The monoisotopic (exact) mass is 347 g/mol. The van der Waals surface area contributed by atoms with E-state index in [9.17, 15) is 8.42 Å². The van der Waals surface area contributed by atoms with Crippen LogP contribution in [-0.4, -0.2) is 66.3 Å². The topological polar surface area (TPSA) is 69.6 Å². The highest BCUT2D eigenvalue weighted by Gasteiger charge is 2.33. The summed E-state index contributed by atoms with van der Waals surface area (Å²) in [6.45, 7) is 3.78. The average molecular weight is 347 g/mol. The van der Waals surface area contributed by atoms with E-state index in [2.05, 4.69) is 20.9 Å². The Morgan fingerprint density at radius 3 is 2.38 bits per heavy atom. The molecule has 0 spiro atoms. The van der Waals surface area contributed by atoms with Gasteiger partial charge in [0, 0.05) is 56.5 Å². The fourth-order valence-electron chi connectivity index (χ4n) is 3.43. The largest absolute Gasteiger partial charge is 0.369 e. The highest BCUT2D eigenvalue weighted by atomic mass is 32.2. The first kappa shape index (κ1) is 15.7. The van der Waals surface area contributed by atoms with E-state index in [4.69, 9.17) is 0 Å². The van der Waals surface area contributed by atoms with Gasteiger partial charge in [-0.25, -0.2) is 9.97 Å². The highest BCUT2D eigenvalue weighted by Crippen LogP contribution is 2.23. The molecule has 128 valence electrons. The maximum absolute atomic E-state index is 12.6. The van der Waals surface area contributed by atoms with Gasteiger partial charge in [0.25, 0.3) is 10.2 Å². The molecule has 0 unspecified atom stereocenters. The van der Waals surface area contributed by atoms with Gasteiger partial charge in [0.1, 0.15) is 6.33 Å². The second-order valence-electron chi connectivity index (χ2n) is 6.27. The van der Waals surface area contributed by atoms with Gasteiger partial charge >= 0.3 is 0 Å². The van der Waals surface area contributed by atoms with Gasteiger partial charge in [-0.3, -0.25) is 0 Å². The van der Waals surface area contributed by atoms with Crippen molar-refractivity contribution >= 4 is 26.8 Å². The molecule has 24 heavy (non-hydrogen) atoms. The van der Waals surface area contributed by atoms with Gasteiger partial charge in [-0.05, 0) is 31.0 Å². The van der Waals surface area contributed by atoms with Crippen molar-refractivity contribution in [3.8, 4) is 0 Å². The first-order valence-corrected chi connectivity index (χ1v) is 9.74. The van der Waals surface area contributed by atoms with Crippen molar-refractivity contribution in [2.75, 3.05) is 44.2 Å². The molecule has 0 aliphatic carbocycles. The zero-order chi connectivity index (χ0) is 16.6. The van der Waals surface area contributed by atoms with Crippen LogP contribution in [0.15, 0.2) is 30.7 Å². The van der Waals surface area contributed by atoms with Crippen LogP contribution >= 0.6 is 0 Å². The molecule has 4 rings (SSSR count). The standard InChI is InChI=1S/C16H21N5O2S/c22-24(23,20-5-1-2-6-20)21-9-7-19(8-10-21)15-3-4-16-14(11-15)12-17-13-18-16/h3-4,11-13H,1-2,5-10H2.